The number of hydrogen-bond acceptors (Lipinski definition) is 4. The molecule has 0 aliphatic rings. The van der Waals surface area contributed by atoms with Gasteiger partial charge in [0.05, 0.1) is 4.47 Å². The molecule has 0 aromatic heterocycles. The van der Waals surface area contributed by atoms with Crippen molar-refractivity contribution in [2.75, 3.05) is 0 Å². The second kappa shape index (κ2) is 7.63. The van der Waals surface area contributed by atoms with Gasteiger partial charge < -0.3 is 20.6 Å². The normalized spacial score (nSPS) is 11.7. The topological polar surface area (TPSA) is 124 Å². The minimum absolute atomic E-state index is 0.00981. The summed E-state index contributed by atoms with van der Waals surface area (Å²) in [6.45, 7) is 0. The average molecular weight is 360 g/mol. The predicted octanol–water partition coefficient (Wildman–Crippen LogP) is 1.59. The molecule has 0 spiro atoms. The van der Waals surface area contributed by atoms with E-state index in [4.69, 9.17) is 10.2 Å². The Morgan fingerprint density at radius 1 is 1.24 bits per heavy atom. The van der Waals surface area contributed by atoms with Gasteiger partial charge in [0.15, 0.2) is 0 Å². The SMILES string of the molecule is O=C(O)CCC[C@@H](NC(=O)c1ccc(Br)c(O)c1)C(=O)O. The number of halogens is 1. The van der Waals surface area contributed by atoms with E-state index in [-0.39, 0.29) is 30.6 Å². The predicted molar refractivity (Wildman–Crippen MR) is 76.2 cm³/mol. The van der Waals surface area contributed by atoms with Crippen LogP contribution in [0.5, 0.6) is 5.75 Å². The second-order valence-electron chi connectivity index (χ2n) is 4.32. The lowest BCUT2D eigenvalue weighted by Gasteiger charge is -2.14. The van der Waals surface area contributed by atoms with Crippen LogP contribution in [0.2, 0.25) is 0 Å². The van der Waals surface area contributed by atoms with Crippen molar-refractivity contribution in [3.05, 3.63) is 28.2 Å². The third-order valence-electron chi connectivity index (χ3n) is 2.70. The van der Waals surface area contributed by atoms with Gasteiger partial charge >= 0.3 is 11.9 Å². The number of carboxylic acids is 2. The Hall–Kier alpha value is -2.09. The van der Waals surface area contributed by atoms with E-state index < -0.39 is 23.9 Å². The fourth-order valence-corrected chi connectivity index (χ4v) is 1.86. The fourth-order valence-electron chi connectivity index (χ4n) is 1.61. The lowest BCUT2D eigenvalue weighted by molar-refractivity contribution is -0.140. The van der Waals surface area contributed by atoms with E-state index in [0.29, 0.717) is 4.47 Å². The molecule has 0 radical (unpaired) electrons. The molecule has 0 bridgehead atoms. The Labute approximate surface area is 128 Å². The Balaban J connectivity index is 2.69. The van der Waals surface area contributed by atoms with Crippen molar-refractivity contribution in [1.82, 2.24) is 5.32 Å². The molecule has 0 fully saturated rings. The maximum absolute atomic E-state index is 11.9. The third-order valence-corrected chi connectivity index (χ3v) is 3.37. The summed E-state index contributed by atoms with van der Waals surface area (Å²) in [7, 11) is 0. The summed E-state index contributed by atoms with van der Waals surface area (Å²) in [5, 5.41) is 29.3. The van der Waals surface area contributed by atoms with Gasteiger partial charge in [0.1, 0.15) is 11.8 Å². The highest BCUT2D eigenvalue weighted by Gasteiger charge is 2.21. The first kappa shape index (κ1) is 17.0. The van der Waals surface area contributed by atoms with Gasteiger partial charge in [-0.05, 0) is 47.0 Å². The zero-order valence-corrected chi connectivity index (χ0v) is 12.5. The number of rotatable bonds is 7. The van der Waals surface area contributed by atoms with Crippen LogP contribution in [0.3, 0.4) is 0 Å². The lowest BCUT2D eigenvalue weighted by Crippen LogP contribution is -2.40. The molecule has 0 aliphatic heterocycles. The summed E-state index contributed by atoms with van der Waals surface area (Å²) in [5.41, 5.74) is 0.111. The lowest BCUT2D eigenvalue weighted by atomic mass is 10.1. The third kappa shape index (κ3) is 5.42. The van der Waals surface area contributed by atoms with Crippen LogP contribution in [0.1, 0.15) is 29.6 Å². The van der Waals surface area contributed by atoms with Crippen molar-refractivity contribution in [2.24, 2.45) is 0 Å². The number of hydrogen-bond donors (Lipinski definition) is 4. The second-order valence-corrected chi connectivity index (χ2v) is 5.17. The summed E-state index contributed by atoms with van der Waals surface area (Å²) in [4.78, 5) is 33.3. The van der Waals surface area contributed by atoms with Crippen molar-refractivity contribution < 1.29 is 29.7 Å². The molecule has 0 saturated carbocycles. The van der Waals surface area contributed by atoms with Crippen LogP contribution >= 0.6 is 15.9 Å². The Morgan fingerprint density at radius 3 is 2.43 bits per heavy atom. The molecule has 1 atom stereocenters. The number of amides is 1. The van der Waals surface area contributed by atoms with Crippen LogP contribution in [0.15, 0.2) is 22.7 Å². The van der Waals surface area contributed by atoms with Gasteiger partial charge in [-0.1, -0.05) is 0 Å². The van der Waals surface area contributed by atoms with Crippen LogP contribution in [0, 0.1) is 0 Å². The van der Waals surface area contributed by atoms with E-state index in [1.54, 1.807) is 0 Å². The zero-order valence-electron chi connectivity index (χ0n) is 10.9. The largest absolute Gasteiger partial charge is 0.507 e. The quantitative estimate of drug-likeness (QED) is 0.586. The van der Waals surface area contributed by atoms with Gasteiger partial charge in [-0.15, -0.1) is 0 Å². The Morgan fingerprint density at radius 2 is 1.90 bits per heavy atom. The highest BCUT2D eigenvalue weighted by atomic mass is 79.9. The van der Waals surface area contributed by atoms with Crippen LogP contribution in [-0.4, -0.2) is 39.2 Å². The van der Waals surface area contributed by atoms with Crippen LogP contribution < -0.4 is 5.32 Å². The van der Waals surface area contributed by atoms with Crippen LogP contribution in [-0.2, 0) is 9.59 Å². The van der Waals surface area contributed by atoms with E-state index in [9.17, 15) is 19.5 Å². The van der Waals surface area contributed by atoms with Crippen molar-refractivity contribution in [3.63, 3.8) is 0 Å². The maximum Gasteiger partial charge on any atom is 0.326 e. The van der Waals surface area contributed by atoms with Gasteiger partial charge in [0.25, 0.3) is 5.91 Å². The number of phenols is 1. The van der Waals surface area contributed by atoms with E-state index >= 15 is 0 Å². The molecule has 1 rings (SSSR count). The van der Waals surface area contributed by atoms with E-state index in [1.165, 1.54) is 18.2 Å². The minimum atomic E-state index is -1.24. The highest BCUT2D eigenvalue weighted by molar-refractivity contribution is 9.10. The number of carboxylic acid groups (broad SMARTS) is 2. The van der Waals surface area contributed by atoms with E-state index in [0.717, 1.165) is 0 Å². The molecule has 1 aromatic rings. The standard InChI is InChI=1S/C13H14BrNO6/c14-8-5-4-7(6-10(8)16)12(19)15-9(13(20)21)2-1-3-11(17)18/h4-6,9,16H,1-3H2,(H,15,19)(H,17,18)(H,20,21)/t9-/m1/s1. The number of carbonyl (C=O) groups is 3. The maximum atomic E-state index is 11.9. The first-order chi connectivity index (χ1) is 9.81. The molecule has 0 aliphatic carbocycles. The first-order valence-electron chi connectivity index (χ1n) is 6.05. The van der Waals surface area contributed by atoms with Gasteiger partial charge in [-0.3, -0.25) is 9.59 Å². The number of aliphatic carboxylic acids is 2. The summed E-state index contributed by atoms with van der Waals surface area (Å²) in [6.07, 6.45) is -0.0211. The molecule has 0 unspecified atom stereocenters. The monoisotopic (exact) mass is 359 g/mol. The Kier molecular flexibility index (Phi) is 6.16. The number of aromatic hydroxyl groups is 1. The Bertz CT molecular complexity index is 560. The first-order valence-corrected chi connectivity index (χ1v) is 6.84. The summed E-state index contributed by atoms with van der Waals surface area (Å²) < 4.78 is 0.412. The molecule has 1 aromatic carbocycles. The van der Waals surface area contributed by atoms with Gasteiger partial charge in [-0.2, -0.15) is 0 Å². The molecular weight excluding hydrogens is 346 g/mol. The van der Waals surface area contributed by atoms with Crippen molar-refractivity contribution in [1.29, 1.82) is 0 Å². The highest BCUT2D eigenvalue weighted by Crippen LogP contribution is 2.24. The number of nitrogens with one attached hydrogen (secondary N) is 1. The summed E-state index contributed by atoms with van der Waals surface area (Å²) >= 11 is 3.07. The summed E-state index contributed by atoms with van der Waals surface area (Å²) in [6, 6.07) is 2.91. The molecule has 0 saturated heterocycles. The van der Waals surface area contributed by atoms with Crippen LogP contribution in [0.25, 0.3) is 0 Å². The molecular formula is C13H14BrNO6. The molecule has 4 N–H and O–H groups in total. The van der Waals surface area contributed by atoms with Crippen molar-refractivity contribution in [2.45, 2.75) is 25.3 Å². The summed E-state index contributed by atoms with van der Waals surface area (Å²) in [5.74, 6) is -3.06. The van der Waals surface area contributed by atoms with Crippen LogP contribution in [0.4, 0.5) is 0 Å². The molecule has 114 valence electrons. The smallest absolute Gasteiger partial charge is 0.326 e. The average Bonchev–Trinajstić information content (AvgIpc) is 2.40. The van der Waals surface area contributed by atoms with Crippen molar-refractivity contribution in [3.8, 4) is 5.75 Å². The number of benzene rings is 1. The molecule has 7 nitrogen and oxygen atoms in total. The zero-order chi connectivity index (χ0) is 16.0. The van der Waals surface area contributed by atoms with E-state index in [2.05, 4.69) is 21.2 Å². The van der Waals surface area contributed by atoms with Gasteiger partial charge in [-0.25, -0.2) is 4.79 Å². The molecule has 0 heterocycles. The van der Waals surface area contributed by atoms with Crippen molar-refractivity contribution >= 4 is 33.8 Å². The van der Waals surface area contributed by atoms with Gasteiger partial charge in [0, 0.05) is 12.0 Å². The molecule has 8 heteroatoms. The molecule has 21 heavy (non-hydrogen) atoms. The molecule has 1 amide bonds. The number of phenolic OH excluding ortho intramolecular Hbond substituents is 1. The van der Waals surface area contributed by atoms with E-state index in [1.807, 2.05) is 0 Å². The minimum Gasteiger partial charge on any atom is -0.507 e. The number of carbonyl (C=O) groups excluding carboxylic acids is 1. The van der Waals surface area contributed by atoms with Gasteiger partial charge in [0.2, 0.25) is 0 Å². The fraction of sp³-hybridized carbons (Fsp3) is 0.308.